The maximum absolute atomic E-state index is 13.2. The average molecular weight is 642 g/mol. The number of carbonyl (C=O) groups is 2. The molecular formula is C40H71N3O3. The van der Waals surface area contributed by atoms with E-state index in [4.69, 9.17) is 4.74 Å². The Hall–Kier alpha value is -1.40. The number of rotatable bonds is 16. The Morgan fingerprint density at radius 2 is 1.52 bits per heavy atom. The molecule has 8 atom stereocenters. The summed E-state index contributed by atoms with van der Waals surface area (Å²) in [6, 6.07) is 0. The van der Waals surface area contributed by atoms with Crippen LogP contribution in [0.3, 0.4) is 0 Å². The highest BCUT2D eigenvalue weighted by molar-refractivity contribution is 5.94. The molecule has 6 heteroatoms. The number of hydrogen-bond acceptors (Lipinski definition) is 5. The van der Waals surface area contributed by atoms with Gasteiger partial charge in [0.2, 0.25) is 5.91 Å². The number of fused-ring (bicyclic) bond motifs is 5. The van der Waals surface area contributed by atoms with E-state index in [-0.39, 0.29) is 29.8 Å². The Balaban J connectivity index is 1.32. The van der Waals surface area contributed by atoms with Crippen LogP contribution in [-0.4, -0.2) is 87.0 Å². The molecule has 6 nitrogen and oxygen atoms in total. The molecule has 0 bridgehead atoms. The molecule has 4 rings (SSSR count). The van der Waals surface area contributed by atoms with Gasteiger partial charge in [-0.1, -0.05) is 65.5 Å². The lowest BCUT2D eigenvalue weighted by molar-refractivity contribution is -0.155. The third kappa shape index (κ3) is 8.98. The highest BCUT2D eigenvalue weighted by Gasteiger charge is 2.59. The molecule has 3 fully saturated rings. The number of nitrogens with zero attached hydrogens (tertiary/aromatic N) is 3. The highest BCUT2D eigenvalue weighted by atomic mass is 16.5. The Bertz CT molecular complexity index is 1020. The number of amides is 1. The summed E-state index contributed by atoms with van der Waals surface area (Å²) >= 11 is 0. The standard InChI is InChI=1S/C40H71N3O3/c1-29(2)13-10-14-30(3)34-17-18-35-33-16-15-31-27-32(19-21-39(31,4)36(33)20-22-40(34,35)5)46-38(45)28-37(44)43(25-11-23-41(6)7)26-12-24-42(8)9/h15,29-30,32-36H,10-14,16-28H2,1-9H3. The summed E-state index contributed by atoms with van der Waals surface area (Å²) < 4.78 is 6.06. The normalized spacial score (nSPS) is 33.0. The first-order chi connectivity index (χ1) is 21.7. The molecule has 0 spiro atoms. The maximum atomic E-state index is 13.2. The van der Waals surface area contributed by atoms with Gasteiger partial charge in [-0.3, -0.25) is 9.59 Å². The predicted molar refractivity (Wildman–Crippen MR) is 190 cm³/mol. The molecule has 0 aromatic carbocycles. The predicted octanol–water partition coefficient (Wildman–Crippen LogP) is 8.06. The van der Waals surface area contributed by atoms with Gasteiger partial charge in [-0.05, 0) is 145 Å². The number of carbonyl (C=O) groups excluding carboxylic acids is 2. The van der Waals surface area contributed by atoms with Gasteiger partial charge < -0.3 is 19.4 Å². The molecule has 0 aliphatic heterocycles. The van der Waals surface area contributed by atoms with Crippen molar-refractivity contribution in [3.8, 4) is 0 Å². The minimum absolute atomic E-state index is 0.0859. The quantitative estimate of drug-likeness (QED) is 0.0970. The minimum Gasteiger partial charge on any atom is -0.462 e. The molecule has 4 aliphatic carbocycles. The zero-order chi connectivity index (χ0) is 33.6. The van der Waals surface area contributed by atoms with Crippen molar-refractivity contribution in [2.45, 2.75) is 131 Å². The van der Waals surface area contributed by atoms with Crippen molar-refractivity contribution in [3.05, 3.63) is 11.6 Å². The molecular weight excluding hydrogens is 570 g/mol. The summed E-state index contributed by atoms with van der Waals surface area (Å²) in [4.78, 5) is 32.5. The molecule has 46 heavy (non-hydrogen) atoms. The molecule has 1 amide bonds. The second-order valence-corrected chi connectivity index (χ2v) is 17.5. The molecule has 0 radical (unpaired) electrons. The van der Waals surface area contributed by atoms with Gasteiger partial charge >= 0.3 is 5.97 Å². The van der Waals surface area contributed by atoms with Crippen molar-refractivity contribution in [2.24, 2.45) is 46.3 Å². The Morgan fingerprint density at radius 1 is 0.848 bits per heavy atom. The largest absolute Gasteiger partial charge is 0.462 e. The van der Waals surface area contributed by atoms with E-state index in [1.165, 1.54) is 51.4 Å². The fourth-order valence-electron chi connectivity index (χ4n) is 10.7. The Labute approximate surface area is 283 Å². The van der Waals surface area contributed by atoms with Crippen molar-refractivity contribution in [2.75, 3.05) is 54.4 Å². The van der Waals surface area contributed by atoms with Crippen LogP contribution in [0.15, 0.2) is 11.6 Å². The Kier molecular flexibility index (Phi) is 13.3. The van der Waals surface area contributed by atoms with E-state index in [0.717, 1.165) is 80.7 Å². The zero-order valence-corrected chi connectivity index (χ0v) is 31.4. The SMILES string of the molecule is CC(C)CCCC(C)C1CCC2C3CC=C4CC(OC(=O)CC(=O)N(CCCN(C)C)CCCN(C)C)CCC4(C)C3CCC12C. The van der Waals surface area contributed by atoms with Crippen molar-refractivity contribution in [1.82, 2.24) is 14.7 Å². The van der Waals surface area contributed by atoms with Gasteiger partial charge in [0.1, 0.15) is 12.5 Å². The number of hydrogen-bond donors (Lipinski definition) is 0. The van der Waals surface area contributed by atoms with E-state index in [1.807, 2.05) is 4.90 Å². The molecule has 3 saturated carbocycles. The van der Waals surface area contributed by atoms with Gasteiger partial charge in [-0.15, -0.1) is 0 Å². The van der Waals surface area contributed by atoms with E-state index in [2.05, 4.69) is 78.7 Å². The molecule has 0 heterocycles. The van der Waals surface area contributed by atoms with E-state index in [9.17, 15) is 9.59 Å². The molecule has 0 N–H and O–H groups in total. The molecule has 8 unspecified atom stereocenters. The minimum atomic E-state index is -0.342. The van der Waals surface area contributed by atoms with Gasteiger partial charge in [0.05, 0.1) is 0 Å². The molecule has 0 aromatic heterocycles. The smallest absolute Gasteiger partial charge is 0.315 e. The maximum Gasteiger partial charge on any atom is 0.315 e. The first-order valence-electron chi connectivity index (χ1n) is 19.2. The van der Waals surface area contributed by atoms with Crippen LogP contribution in [0.5, 0.6) is 0 Å². The molecule has 0 aromatic rings. The van der Waals surface area contributed by atoms with Crippen molar-refractivity contribution < 1.29 is 14.3 Å². The summed E-state index contributed by atoms with van der Waals surface area (Å²) in [5.41, 5.74) is 2.28. The first kappa shape index (κ1) is 37.4. The number of allylic oxidation sites excluding steroid dienone is 1. The van der Waals surface area contributed by atoms with Gasteiger partial charge in [-0.25, -0.2) is 0 Å². The summed E-state index contributed by atoms with van der Waals surface area (Å²) in [5, 5.41) is 0. The van der Waals surface area contributed by atoms with Crippen LogP contribution < -0.4 is 0 Å². The van der Waals surface area contributed by atoms with Gasteiger partial charge in [0, 0.05) is 19.5 Å². The first-order valence-corrected chi connectivity index (χ1v) is 19.2. The molecule has 0 saturated heterocycles. The average Bonchev–Trinajstić information content (AvgIpc) is 3.33. The van der Waals surface area contributed by atoms with Crippen LogP contribution in [0, 0.1) is 46.3 Å². The lowest BCUT2D eigenvalue weighted by Crippen LogP contribution is -2.51. The van der Waals surface area contributed by atoms with Crippen LogP contribution >= 0.6 is 0 Å². The second-order valence-electron chi connectivity index (χ2n) is 17.5. The monoisotopic (exact) mass is 642 g/mol. The van der Waals surface area contributed by atoms with E-state index < -0.39 is 0 Å². The zero-order valence-electron chi connectivity index (χ0n) is 31.4. The summed E-state index contributed by atoms with van der Waals surface area (Å²) in [7, 11) is 8.22. The summed E-state index contributed by atoms with van der Waals surface area (Å²) in [6.07, 6.45) is 18.0. The Morgan fingerprint density at radius 3 is 2.15 bits per heavy atom. The molecule has 264 valence electrons. The third-order valence-electron chi connectivity index (χ3n) is 13.3. The summed E-state index contributed by atoms with van der Waals surface area (Å²) in [6.45, 7) is 15.7. The topological polar surface area (TPSA) is 53.1 Å². The van der Waals surface area contributed by atoms with Crippen LogP contribution in [0.25, 0.3) is 0 Å². The summed E-state index contributed by atoms with van der Waals surface area (Å²) in [5.74, 6) is 4.55. The second kappa shape index (κ2) is 16.3. The van der Waals surface area contributed by atoms with Crippen molar-refractivity contribution >= 4 is 11.9 Å². The fourth-order valence-corrected chi connectivity index (χ4v) is 10.7. The van der Waals surface area contributed by atoms with Crippen LogP contribution in [0.2, 0.25) is 0 Å². The van der Waals surface area contributed by atoms with Gasteiger partial charge in [0.25, 0.3) is 0 Å². The third-order valence-corrected chi connectivity index (χ3v) is 13.3. The lowest BCUT2D eigenvalue weighted by Gasteiger charge is -2.58. The highest BCUT2D eigenvalue weighted by Crippen LogP contribution is 2.67. The number of ether oxygens (including phenoxy) is 1. The van der Waals surface area contributed by atoms with Crippen LogP contribution in [0.1, 0.15) is 125 Å². The van der Waals surface area contributed by atoms with E-state index in [0.29, 0.717) is 18.5 Å². The van der Waals surface area contributed by atoms with Gasteiger partial charge in [0.15, 0.2) is 0 Å². The van der Waals surface area contributed by atoms with Crippen LogP contribution in [-0.2, 0) is 14.3 Å². The van der Waals surface area contributed by atoms with Crippen molar-refractivity contribution in [3.63, 3.8) is 0 Å². The van der Waals surface area contributed by atoms with E-state index >= 15 is 0 Å². The lowest BCUT2D eigenvalue weighted by atomic mass is 9.47. The molecule has 4 aliphatic rings. The van der Waals surface area contributed by atoms with E-state index in [1.54, 1.807) is 5.57 Å². The number of esters is 1. The van der Waals surface area contributed by atoms with Gasteiger partial charge in [-0.2, -0.15) is 0 Å². The fraction of sp³-hybridized carbons (Fsp3) is 0.900. The van der Waals surface area contributed by atoms with Crippen LogP contribution in [0.4, 0.5) is 0 Å². The van der Waals surface area contributed by atoms with Crippen molar-refractivity contribution in [1.29, 1.82) is 0 Å².